The fourth-order valence-electron chi connectivity index (χ4n) is 1.85. The Balaban J connectivity index is 2.14. The molecule has 1 aliphatic carbocycles. The van der Waals surface area contributed by atoms with Crippen molar-refractivity contribution in [2.75, 3.05) is 18.6 Å². The lowest BCUT2D eigenvalue weighted by atomic mass is 9.89. The van der Waals surface area contributed by atoms with Crippen LogP contribution in [0.25, 0.3) is 0 Å². The Morgan fingerprint density at radius 3 is 3.00 bits per heavy atom. The predicted octanol–water partition coefficient (Wildman–Crippen LogP) is 2.26. The van der Waals surface area contributed by atoms with Crippen LogP contribution in [0.2, 0.25) is 0 Å². The lowest BCUT2D eigenvalue weighted by Gasteiger charge is -2.25. The number of amides is 1. The summed E-state index contributed by atoms with van der Waals surface area (Å²) in [5.41, 5.74) is 0. The third-order valence-electron chi connectivity index (χ3n) is 2.58. The smallest absolute Gasteiger partial charge is 0.229 e. The van der Waals surface area contributed by atoms with E-state index in [1.807, 2.05) is 6.26 Å². The molecule has 1 fully saturated rings. The molecule has 14 heavy (non-hydrogen) atoms. The second-order valence-electron chi connectivity index (χ2n) is 3.87. The number of rotatable bonds is 4. The maximum absolute atomic E-state index is 11.2. The quantitative estimate of drug-likeness (QED) is 0.758. The third-order valence-corrected chi connectivity index (χ3v) is 3.53. The van der Waals surface area contributed by atoms with Gasteiger partial charge in [0.25, 0.3) is 0 Å². The van der Waals surface area contributed by atoms with E-state index in [1.165, 1.54) is 12.8 Å². The van der Waals surface area contributed by atoms with Crippen LogP contribution in [0.4, 0.5) is 0 Å². The summed E-state index contributed by atoms with van der Waals surface area (Å²) in [5.74, 6) is 1.31. The molecule has 0 aliphatic heterocycles. The molecule has 1 rings (SSSR count). The molecule has 0 heterocycles. The van der Waals surface area contributed by atoms with E-state index in [2.05, 4.69) is 5.32 Å². The van der Waals surface area contributed by atoms with E-state index in [-0.39, 0.29) is 5.91 Å². The van der Waals surface area contributed by atoms with Crippen LogP contribution in [0.15, 0.2) is 0 Å². The number of alkyl halides is 1. The minimum atomic E-state index is 0.147. The van der Waals surface area contributed by atoms with Gasteiger partial charge in [-0.15, -0.1) is 11.6 Å². The van der Waals surface area contributed by atoms with E-state index in [4.69, 9.17) is 11.6 Å². The normalized spacial score (nSPS) is 27.3. The number of halogens is 1. The van der Waals surface area contributed by atoms with E-state index in [1.54, 1.807) is 11.8 Å². The topological polar surface area (TPSA) is 29.1 Å². The van der Waals surface area contributed by atoms with Gasteiger partial charge in [0.2, 0.25) is 5.91 Å². The van der Waals surface area contributed by atoms with E-state index in [0.29, 0.717) is 17.0 Å². The van der Waals surface area contributed by atoms with Gasteiger partial charge >= 0.3 is 0 Å². The SMILES string of the molecule is CSCC(=O)NCC1CCCC(Cl)C1. The second-order valence-corrected chi connectivity index (χ2v) is 5.35. The minimum Gasteiger partial charge on any atom is -0.355 e. The summed E-state index contributed by atoms with van der Waals surface area (Å²) in [6.45, 7) is 0.808. The van der Waals surface area contributed by atoms with Gasteiger partial charge in [0.05, 0.1) is 5.75 Å². The van der Waals surface area contributed by atoms with Crippen LogP contribution in [-0.4, -0.2) is 29.8 Å². The average molecular weight is 236 g/mol. The highest BCUT2D eigenvalue weighted by Crippen LogP contribution is 2.27. The third kappa shape index (κ3) is 4.56. The first-order valence-electron chi connectivity index (χ1n) is 5.12. The summed E-state index contributed by atoms with van der Waals surface area (Å²) in [6.07, 6.45) is 6.55. The zero-order valence-electron chi connectivity index (χ0n) is 8.59. The molecule has 1 aliphatic rings. The molecule has 1 N–H and O–H groups in total. The number of carbonyl (C=O) groups excluding carboxylic acids is 1. The first kappa shape index (κ1) is 12.2. The first-order chi connectivity index (χ1) is 6.72. The summed E-state index contributed by atoms with van der Waals surface area (Å²) in [6, 6.07) is 0. The summed E-state index contributed by atoms with van der Waals surface area (Å²) in [7, 11) is 0. The Kier molecular flexibility index (Phi) is 5.71. The number of thioether (sulfide) groups is 1. The lowest BCUT2D eigenvalue weighted by Crippen LogP contribution is -2.32. The molecule has 0 aromatic rings. The summed E-state index contributed by atoms with van der Waals surface area (Å²) < 4.78 is 0. The highest BCUT2D eigenvalue weighted by atomic mass is 35.5. The average Bonchev–Trinajstić information content (AvgIpc) is 2.15. The molecule has 0 saturated heterocycles. The van der Waals surface area contributed by atoms with Crippen molar-refractivity contribution >= 4 is 29.3 Å². The number of nitrogens with one attached hydrogen (secondary N) is 1. The molecule has 1 saturated carbocycles. The van der Waals surface area contributed by atoms with Gasteiger partial charge in [-0.1, -0.05) is 6.42 Å². The summed E-state index contributed by atoms with van der Waals surface area (Å²) >= 11 is 7.63. The maximum Gasteiger partial charge on any atom is 0.229 e. The van der Waals surface area contributed by atoms with Crippen LogP contribution in [-0.2, 0) is 4.79 Å². The maximum atomic E-state index is 11.2. The first-order valence-corrected chi connectivity index (χ1v) is 6.95. The molecular formula is C10H18ClNOS. The van der Waals surface area contributed by atoms with Crippen LogP contribution in [0.3, 0.4) is 0 Å². The van der Waals surface area contributed by atoms with Crippen molar-refractivity contribution < 1.29 is 4.79 Å². The van der Waals surface area contributed by atoms with Crippen molar-refractivity contribution in [3.05, 3.63) is 0 Å². The van der Waals surface area contributed by atoms with E-state index < -0.39 is 0 Å². The zero-order chi connectivity index (χ0) is 10.4. The Morgan fingerprint density at radius 1 is 1.57 bits per heavy atom. The molecule has 0 radical (unpaired) electrons. The van der Waals surface area contributed by atoms with Gasteiger partial charge in [-0.05, 0) is 31.4 Å². The van der Waals surface area contributed by atoms with Gasteiger partial charge in [-0.3, -0.25) is 4.79 Å². The monoisotopic (exact) mass is 235 g/mol. The van der Waals surface area contributed by atoms with Crippen molar-refractivity contribution in [1.29, 1.82) is 0 Å². The van der Waals surface area contributed by atoms with Crippen molar-refractivity contribution in [2.24, 2.45) is 5.92 Å². The molecular weight excluding hydrogens is 218 g/mol. The van der Waals surface area contributed by atoms with Crippen molar-refractivity contribution in [3.63, 3.8) is 0 Å². The lowest BCUT2D eigenvalue weighted by molar-refractivity contribution is -0.118. The standard InChI is InChI=1S/C10H18ClNOS/c1-14-7-10(13)12-6-8-3-2-4-9(11)5-8/h8-9H,2-7H2,1H3,(H,12,13). The van der Waals surface area contributed by atoms with Crippen molar-refractivity contribution in [1.82, 2.24) is 5.32 Å². The van der Waals surface area contributed by atoms with Gasteiger partial charge in [0, 0.05) is 11.9 Å². The fraction of sp³-hybridized carbons (Fsp3) is 0.900. The molecule has 2 unspecified atom stereocenters. The Hall–Kier alpha value is 0.110. The Bertz CT molecular complexity index is 189. The van der Waals surface area contributed by atoms with Crippen LogP contribution >= 0.6 is 23.4 Å². The molecule has 2 atom stereocenters. The molecule has 2 nitrogen and oxygen atoms in total. The molecule has 82 valence electrons. The van der Waals surface area contributed by atoms with Crippen LogP contribution in [0.5, 0.6) is 0 Å². The van der Waals surface area contributed by atoms with Crippen molar-refractivity contribution in [2.45, 2.75) is 31.1 Å². The number of carbonyl (C=O) groups is 1. The molecule has 0 aromatic carbocycles. The van der Waals surface area contributed by atoms with Gasteiger partial charge in [-0.2, -0.15) is 11.8 Å². The molecule has 4 heteroatoms. The number of hydrogen-bond donors (Lipinski definition) is 1. The van der Waals surface area contributed by atoms with Gasteiger partial charge < -0.3 is 5.32 Å². The summed E-state index contributed by atoms with van der Waals surface area (Å²) in [4.78, 5) is 11.2. The van der Waals surface area contributed by atoms with Crippen LogP contribution in [0, 0.1) is 5.92 Å². The highest BCUT2D eigenvalue weighted by molar-refractivity contribution is 7.99. The van der Waals surface area contributed by atoms with Crippen LogP contribution in [0.1, 0.15) is 25.7 Å². The molecule has 1 amide bonds. The van der Waals surface area contributed by atoms with Crippen LogP contribution < -0.4 is 5.32 Å². The van der Waals surface area contributed by atoms with E-state index >= 15 is 0 Å². The molecule has 0 aromatic heterocycles. The summed E-state index contributed by atoms with van der Waals surface area (Å²) in [5, 5.41) is 3.28. The van der Waals surface area contributed by atoms with Gasteiger partial charge in [-0.25, -0.2) is 0 Å². The zero-order valence-corrected chi connectivity index (χ0v) is 10.2. The molecule has 0 spiro atoms. The largest absolute Gasteiger partial charge is 0.355 e. The highest BCUT2D eigenvalue weighted by Gasteiger charge is 2.20. The van der Waals surface area contributed by atoms with E-state index in [0.717, 1.165) is 19.4 Å². The Labute approximate surface area is 95.2 Å². The second kappa shape index (κ2) is 6.57. The van der Waals surface area contributed by atoms with Gasteiger partial charge in [0.1, 0.15) is 0 Å². The van der Waals surface area contributed by atoms with E-state index in [9.17, 15) is 4.79 Å². The van der Waals surface area contributed by atoms with Crippen molar-refractivity contribution in [3.8, 4) is 0 Å². The fourth-order valence-corrected chi connectivity index (χ4v) is 2.62. The molecule has 0 bridgehead atoms. The minimum absolute atomic E-state index is 0.147. The number of hydrogen-bond acceptors (Lipinski definition) is 2. The Morgan fingerprint density at radius 2 is 2.36 bits per heavy atom. The predicted molar refractivity (Wildman–Crippen MR) is 63.0 cm³/mol. The van der Waals surface area contributed by atoms with Gasteiger partial charge in [0.15, 0.2) is 0 Å².